The second-order valence-electron chi connectivity index (χ2n) is 6.47. The van der Waals surface area contributed by atoms with Crippen molar-refractivity contribution in [1.29, 1.82) is 0 Å². The SMILES string of the molecule is CC(C)c1ccnc(N2CCN(S(=O)(=O)CCc3cccs3)CC2)n1. The molecule has 1 fully saturated rings. The minimum absolute atomic E-state index is 0.173. The van der Waals surface area contributed by atoms with Crippen LogP contribution < -0.4 is 4.90 Å². The fourth-order valence-electron chi connectivity index (χ4n) is 2.82. The molecule has 0 radical (unpaired) electrons. The molecule has 0 amide bonds. The lowest BCUT2D eigenvalue weighted by atomic mass is 10.1. The quantitative estimate of drug-likeness (QED) is 0.770. The van der Waals surface area contributed by atoms with E-state index in [1.807, 2.05) is 23.6 Å². The standard InChI is InChI=1S/C17H24N4O2S2/c1-14(2)16-5-7-18-17(19-16)20-8-10-21(11-9-20)25(22,23)13-6-15-4-3-12-24-15/h3-5,7,12,14H,6,8-11,13H2,1-2H3. The largest absolute Gasteiger partial charge is 0.338 e. The Balaban J connectivity index is 1.58. The third-order valence-electron chi connectivity index (χ3n) is 4.36. The predicted octanol–water partition coefficient (Wildman–Crippen LogP) is 2.36. The first-order valence-corrected chi connectivity index (χ1v) is 11.0. The fraction of sp³-hybridized carbons (Fsp3) is 0.529. The average molecular weight is 381 g/mol. The molecule has 3 heterocycles. The maximum Gasteiger partial charge on any atom is 0.225 e. The van der Waals surface area contributed by atoms with Crippen molar-refractivity contribution >= 4 is 27.3 Å². The number of rotatable bonds is 6. The summed E-state index contributed by atoms with van der Waals surface area (Å²) in [6.45, 7) is 6.43. The molecule has 0 unspecified atom stereocenters. The number of aromatic nitrogens is 2. The number of hydrogen-bond donors (Lipinski definition) is 0. The highest BCUT2D eigenvalue weighted by Gasteiger charge is 2.27. The van der Waals surface area contributed by atoms with Crippen molar-refractivity contribution in [1.82, 2.24) is 14.3 Å². The molecule has 6 nitrogen and oxygen atoms in total. The lowest BCUT2D eigenvalue weighted by Gasteiger charge is -2.34. The van der Waals surface area contributed by atoms with Gasteiger partial charge in [-0.1, -0.05) is 19.9 Å². The highest BCUT2D eigenvalue weighted by Crippen LogP contribution is 2.18. The number of nitrogens with zero attached hydrogens (tertiary/aromatic N) is 4. The molecule has 1 aliphatic rings. The molecule has 1 saturated heterocycles. The molecule has 136 valence electrons. The molecule has 0 aromatic carbocycles. The number of hydrogen-bond acceptors (Lipinski definition) is 6. The summed E-state index contributed by atoms with van der Waals surface area (Å²) >= 11 is 1.60. The summed E-state index contributed by atoms with van der Waals surface area (Å²) in [4.78, 5) is 12.1. The fourth-order valence-corrected chi connectivity index (χ4v) is 5.11. The summed E-state index contributed by atoms with van der Waals surface area (Å²) < 4.78 is 26.7. The number of thiophene rings is 1. The van der Waals surface area contributed by atoms with E-state index < -0.39 is 10.0 Å². The van der Waals surface area contributed by atoms with Crippen LogP contribution >= 0.6 is 11.3 Å². The smallest absolute Gasteiger partial charge is 0.225 e. The maximum atomic E-state index is 12.5. The Bertz CT molecular complexity index is 783. The Morgan fingerprint density at radius 1 is 1.20 bits per heavy atom. The summed E-state index contributed by atoms with van der Waals surface area (Å²) in [5.74, 6) is 1.22. The van der Waals surface area contributed by atoms with Crippen molar-refractivity contribution < 1.29 is 8.42 Å². The molecule has 2 aromatic rings. The third-order valence-corrected chi connectivity index (χ3v) is 7.17. The molecule has 0 atom stereocenters. The van der Waals surface area contributed by atoms with Crippen LogP contribution in [0.1, 0.15) is 30.3 Å². The van der Waals surface area contributed by atoms with Gasteiger partial charge in [-0.2, -0.15) is 4.31 Å². The van der Waals surface area contributed by atoms with Crippen LogP contribution in [0.5, 0.6) is 0 Å². The third kappa shape index (κ3) is 4.56. The lowest BCUT2D eigenvalue weighted by molar-refractivity contribution is 0.382. The van der Waals surface area contributed by atoms with Crippen molar-refractivity contribution in [2.75, 3.05) is 36.8 Å². The number of aryl methyl sites for hydroxylation is 1. The van der Waals surface area contributed by atoms with Crippen LogP contribution in [0.25, 0.3) is 0 Å². The van der Waals surface area contributed by atoms with Crippen molar-refractivity contribution in [2.45, 2.75) is 26.2 Å². The van der Waals surface area contributed by atoms with Crippen LogP contribution in [0.15, 0.2) is 29.8 Å². The van der Waals surface area contributed by atoms with E-state index in [0.29, 0.717) is 44.5 Å². The summed E-state index contributed by atoms with van der Waals surface area (Å²) in [7, 11) is -3.21. The van der Waals surface area contributed by atoms with Crippen molar-refractivity contribution in [3.8, 4) is 0 Å². The van der Waals surface area contributed by atoms with Crippen LogP contribution in [0.4, 0.5) is 5.95 Å². The van der Waals surface area contributed by atoms with Gasteiger partial charge in [0.05, 0.1) is 5.75 Å². The zero-order valence-corrected chi connectivity index (χ0v) is 16.3. The lowest BCUT2D eigenvalue weighted by Crippen LogP contribution is -2.50. The summed E-state index contributed by atoms with van der Waals surface area (Å²) in [5.41, 5.74) is 1.01. The predicted molar refractivity (Wildman–Crippen MR) is 102 cm³/mol. The van der Waals surface area contributed by atoms with Gasteiger partial charge in [0, 0.05) is 42.9 Å². The molecule has 1 aliphatic heterocycles. The van der Waals surface area contributed by atoms with Crippen LogP contribution in [0.3, 0.4) is 0 Å². The molecule has 25 heavy (non-hydrogen) atoms. The van der Waals surface area contributed by atoms with Gasteiger partial charge in [0.25, 0.3) is 0 Å². The Morgan fingerprint density at radius 3 is 2.60 bits per heavy atom. The van der Waals surface area contributed by atoms with Gasteiger partial charge in [-0.15, -0.1) is 11.3 Å². The molecule has 0 bridgehead atoms. The Kier molecular flexibility index (Phi) is 5.71. The van der Waals surface area contributed by atoms with Crippen molar-refractivity contribution in [3.05, 3.63) is 40.3 Å². The van der Waals surface area contributed by atoms with E-state index in [1.54, 1.807) is 21.8 Å². The molecule has 0 saturated carbocycles. The Hall–Kier alpha value is -1.51. The minimum Gasteiger partial charge on any atom is -0.338 e. The van der Waals surface area contributed by atoms with Crippen molar-refractivity contribution in [3.63, 3.8) is 0 Å². The molecule has 0 N–H and O–H groups in total. The second-order valence-corrected chi connectivity index (χ2v) is 9.59. The highest BCUT2D eigenvalue weighted by molar-refractivity contribution is 7.89. The normalized spacial score (nSPS) is 16.5. The highest BCUT2D eigenvalue weighted by atomic mass is 32.2. The van der Waals surface area contributed by atoms with Gasteiger partial charge in [0.2, 0.25) is 16.0 Å². The summed E-state index contributed by atoms with van der Waals surface area (Å²) in [6.07, 6.45) is 2.36. The monoisotopic (exact) mass is 380 g/mol. The summed E-state index contributed by atoms with van der Waals surface area (Å²) in [5, 5.41) is 1.98. The van der Waals surface area contributed by atoms with E-state index in [9.17, 15) is 8.42 Å². The van der Waals surface area contributed by atoms with Crippen molar-refractivity contribution in [2.24, 2.45) is 0 Å². The van der Waals surface area contributed by atoms with E-state index in [1.165, 1.54) is 0 Å². The van der Waals surface area contributed by atoms with Crippen LogP contribution in [0, 0.1) is 0 Å². The maximum absolute atomic E-state index is 12.5. The molecule has 0 spiro atoms. The Morgan fingerprint density at radius 2 is 1.96 bits per heavy atom. The molecule has 2 aromatic heterocycles. The van der Waals surface area contributed by atoms with Gasteiger partial charge in [-0.25, -0.2) is 18.4 Å². The minimum atomic E-state index is -3.21. The molecule has 3 rings (SSSR count). The topological polar surface area (TPSA) is 66.4 Å². The van der Waals surface area contributed by atoms with Gasteiger partial charge in [-0.3, -0.25) is 0 Å². The van der Waals surface area contributed by atoms with E-state index in [4.69, 9.17) is 0 Å². The number of piperazine rings is 1. The van der Waals surface area contributed by atoms with Gasteiger partial charge in [0.1, 0.15) is 0 Å². The average Bonchev–Trinajstić information content (AvgIpc) is 3.14. The van der Waals surface area contributed by atoms with E-state index in [-0.39, 0.29) is 5.75 Å². The van der Waals surface area contributed by atoms with Gasteiger partial charge >= 0.3 is 0 Å². The van der Waals surface area contributed by atoms with Crippen LogP contribution in [0.2, 0.25) is 0 Å². The Labute approximate surface area is 153 Å². The molecular formula is C17H24N4O2S2. The second kappa shape index (κ2) is 7.80. The first-order valence-electron chi connectivity index (χ1n) is 8.54. The molecule has 8 heteroatoms. The van der Waals surface area contributed by atoms with Gasteiger partial charge < -0.3 is 4.90 Å². The van der Waals surface area contributed by atoms with E-state index >= 15 is 0 Å². The first-order chi connectivity index (χ1) is 12.0. The van der Waals surface area contributed by atoms with Crippen LogP contribution in [-0.4, -0.2) is 54.6 Å². The molecule has 0 aliphatic carbocycles. The number of anilines is 1. The van der Waals surface area contributed by atoms with Gasteiger partial charge in [-0.05, 0) is 29.9 Å². The van der Waals surface area contributed by atoms with E-state index in [2.05, 4.69) is 28.7 Å². The first kappa shape index (κ1) is 18.3. The zero-order chi connectivity index (χ0) is 17.9. The summed E-state index contributed by atoms with van der Waals surface area (Å²) in [6, 6.07) is 5.87. The van der Waals surface area contributed by atoms with Gasteiger partial charge in [0.15, 0.2) is 0 Å². The molecular weight excluding hydrogens is 356 g/mol. The van der Waals surface area contributed by atoms with Crippen LogP contribution in [-0.2, 0) is 16.4 Å². The van der Waals surface area contributed by atoms with E-state index in [0.717, 1.165) is 10.6 Å². The number of sulfonamides is 1. The zero-order valence-electron chi connectivity index (χ0n) is 14.6.